The average Bonchev–Trinajstić information content (AvgIpc) is 2.78. The Kier molecular flexibility index (Phi) is 2.88. The van der Waals surface area contributed by atoms with E-state index in [2.05, 4.69) is 0 Å². The van der Waals surface area contributed by atoms with E-state index in [1.54, 1.807) is 12.1 Å². The summed E-state index contributed by atoms with van der Waals surface area (Å²) in [7, 11) is 0. The van der Waals surface area contributed by atoms with Gasteiger partial charge in [-0.05, 0) is 24.3 Å². The van der Waals surface area contributed by atoms with Crippen molar-refractivity contribution in [1.29, 1.82) is 5.26 Å². The van der Waals surface area contributed by atoms with Crippen molar-refractivity contribution in [3.05, 3.63) is 53.7 Å². The van der Waals surface area contributed by atoms with Crippen LogP contribution >= 0.6 is 0 Å². The first kappa shape index (κ1) is 10.2. The Labute approximate surface area is 91.7 Å². The van der Waals surface area contributed by atoms with Gasteiger partial charge in [0.25, 0.3) is 0 Å². The van der Waals surface area contributed by atoms with Gasteiger partial charge in [-0.3, -0.25) is 0 Å². The van der Waals surface area contributed by atoms with E-state index in [0.717, 1.165) is 6.07 Å². The molecule has 0 bridgehead atoms. The highest BCUT2D eigenvalue weighted by molar-refractivity contribution is 5.37. The molecule has 0 saturated carbocycles. The molecule has 1 aromatic carbocycles. The number of rotatable bonds is 3. The molecule has 16 heavy (non-hydrogen) atoms. The Bertz CT molecular complexity index is 514. The summed E-state index contributed by atoms with van der Waals surface area (Å²) in [5, 5.41) is 8.65. The number of benzene rings is 1. The van der Waals surface area contributed by atoms with Crippen molar-refractivity contribution < 1.29 is 13.5 Å². The quantitative estimate of drug-likeness (QED) is 0.794. The van der Waals surface area contributed by atoms with Crippen LogP contribution in [0.2, 0.25) is 0 Å². The third kappa shape index (κ3) is 2.39. The Balaban J connectivity index is 2.10. The van der Waals surface area contributed by atoms with Crippen LogP contribution in [-0.2, 0) is 6.61 Å². The molecular weight excluding hydrogens is 209 g/mol. The van der Waals surface area contributed by atoms with Crippen molar-refractivity contribution >= 4 is 0 Å². The lowest BCUT2D eigenvalue weighted by Crippen LogP contribution is -1.94. The van der Waals surface area contributed by atoms with E-state index in [-0.39, 0.29) is 12.2 Å². The van der Waals surface area contributed by atoms with E-state index in [1.807, 2.05) is 6.07 Å². The highest BCUT2D eigenvalue weighted by Crippen LogP contribution is 2.17. The molecule has 3 nitrogen and oxygen atoms in total. The van der Waals surface area contributed by atoms with Gasteiger partial charge in [-0.1, -0.05) is 0 Å². The third-order valence-corrected chi connectivity index (χ3v) is 1.96. The van der Waals surface area contributed by atoms with E-state index in [1.165, 1.54) is 18.4 Å². The molecule has 0 aliphatic rings. The van der Waals surface area contributed by atoms with Gasteiger partial charge >= 0.3 is 0 Å². The van der Waals surface area contributed by atoms with E-state index in [9.17, 15) is 4.39 Å². The minimum Gasteiger partial charge on any atom is -0.486 e. The van der Waals surface area contributed by atoms with Crippen molar-refractivity contribution in [3.8, 4) is 11.8 Å². The van der Waals surface area contributed by atoms with Crippen molar-refractivity contribution in [1.82, 2.24) is 0 Å². The molecule has 0 radical (unpaired) electrons. The zero-order chi connectivity index (χ0) is 11.4. The van der Waals surface area contributed by atoms with E-state index in [0.29, 0.717) is 11.5 Å². The fourth-order valence-corrected chi connectivity index (χ4v) is 1.26. The minimum atomic E-state index is -0.492. The molecule has 1 heterocycles. The van der Waals surface area contributed by atoms with Gasteiger partial charge < -0.3 is 9.15 Å². The van der Waals surface area contributed by atoms with Gasteiger partial charge in [-0.2, -0.15) is 5.26 Å². The molecule has 1 aromatic heterocycles. The molecular formula is C12H8FNO2. The lowest BCUT2D eigenvalue weighted by molar-refractivity contribution is 0.269. The first-order valence-electron chi connectivity index (χ1n) is 4.64. The van der Waals surface area contributed by atoms with Crippen LogP contribution in [0.3, 0.4) is 0 Å². The van der Waals surface area contributed by atoms with Crippen molar-refractivity contribution in [2.24, 2.45) is 0 Å². The van der Waals surface area contributed by atoms with Crippen molar-refractivity contribution in [3.63, 3.8) is 0 Å². The maximum Gasteiger partial charge on any atom is 0.146 e. The van der Waals surface area contributed by atoms with Crippen LogP contribution in [0.1, 0.15) is 11.3 Å². The second kappa shape index (κ2) is 4.49. The number of hydrogen-bond acceptors (Lipinski definition) is 3. The van der Waals surface area contributed by atoms with Crippen LogP contribution in [0.15, 0.2) is 41.0 Å². The molecule has 0 fully saturated rings. The van der Waals surface area contributed by atoms with Gasteiger partial charge in [-0.25, -0.2) is 4.39 Å². The fraction of sp³-hybridized carbons (Fsp3) is 0.0833. The van der Waals surface area contributed by atoms with Crippen LogP contribution in [-0.4, -0.2) is 0 Å². The Morgan fingerprint density at radius 2 is 2.25 bits per heavy atom. The number of halogens is 1. The van der Waals surface area contributed by atoms with Crippen molar-refractivity contribution in [2.75, 3.05) is 0 Å². The van der Waals surface area contributed by atoms with Gasteiger partial charge in [0.05, 0.1) is 17.9 Å². The number of ether oxygens (including phenoxy) is 1. The summed E-state index contributed by atoms with van der Waals surface area (Å²) in [5.74, 6) is 0.462. The van der Waals surface area contributed by atoms with Gasteiger partial charge in [0.1, 0.15) is 23.9 Å². The van der Waals surface area contributed by atoms with E-state index < -0.39 is 5.82 Å². The largest absolute Gasteiger partial charge is 0.486 e. The summed E-state index contributed by atoms with van der Waals surface area (Å²) >= 11 is 0. The SMILES string of the molecule is N#Cc1cc(F)cc(OCc2ccco2)c1. The lowest BCUT2D eigenvalue weighted by Gasteiger charge is -2.04. The Hall–Kier alpha value is -2.28. The van der Waals surface area contributed by atoms with Crippen LogP contribution < -0.4 is 4.74 Å². The molecule has 2 rings (SSSR count). The van der Waals surface area contributed by atoms with Gasteiger partial charge in [-0.15, -0.1) is 0 Å². The molecule has 80 valence electrons. The number of hydrogen-bond donors (Lipinski definition) is 0. The normalized spacial score (nSPS) is 9.75. The van der Waals surface area contributed by atoms with Crippen LogP contribution in [0, 0.1) is 17.1 Å². The average molecular weight is 217 g/mol. The summed E-state index contributed by atoms with van der Waals surface area (Å²) in [6, 6.07) is 9.21. The second-order valence-corrected chi connectivity index (χ2v) is 3.16. The maximum atomic E-state index is 13.0. The molecule has 0 unspecified atom stereocenters. The standard InChI is InChI=1S/C12H8FNO2/c13-10-4-9(7-14)5-12(6-10)16-8-11-2-1-3-15-11/h1-6H,8H2. The zero-order valence-electron chi connectivity index (χ0n) is 8.31. The maximum absolute atomic E-state index is 13.0. The molecule has 0 aliphatic carbocycles. The zero-order valence-corrected chi connectivity index (χ0v) is 8.31. The summed E-state index contributed by atoms with van der Waals surface area (Å²) < 4.78 is 23.4. The topological polar surface area (TPSA) is 46.2 Å². The summed E-state index contributed by atoms with van der Waals surface area (Å²) in [6.45, 7) is 0.210. The number of nitrogens with zero attached hydrogens (tertiary/aromatic N) is 1. The molecule has 0 saturated heterocycles. The highest BCUT2D eigenvalue weighted by atomic mass is 19.1. The highest BCUT2D eigenvalue weighted by Gasteiger charge is 2.02. The summed E-state index contributed by atoms with van der Waals surface area (Å²) in [4.78, 5) is 0. The third-order valence-electron chi connectivity index (χ3n) is 1.96. The van der Waals surface area contributed by atoms with Crippen LogP contribution in [0.5, 0.6) is 5.75 Å². The van der Waals surface area contributed by atoms with E-state index >= 15 is 0 Å². The summed E-state index contributed by atoms with van der Waals surface area (Å²) in [6.07, 6.45) is 1.53. The van der Waals surface area contributed by atoms with Gasteiger partial charge in [0.2, 0.25) is 0 Å². The molecule has 0 atom stereocenters. The molecule has 4 heteroatoms. The fourth-order valence-electron chi connectivity index (χ4n) is 1.26. The molecule has 0 spiro atoms. The lowest BCUT2D eigenvalue weighted by atomic mass is 10.2. The number of nitriles is 1. The Morgan fingerprint density at radius 3 is 2.94 bits per heavy atom. The Morgan fingerprint density at radius 1 is 1.38 bits per heavy atom. The van der Waals surface area contributed by atoms with Gasteiger partial charge in [0, 0.05) is 6.07 Å². The van der Waals surface area contributed by atoms with Crippen LogP contribution in [0.4, 0.5) is 4.39 Å². The molecule has 2 aromatic rings. The molecule has 0 N–H and O–H groups in total. The van der Waals surface area contributed by atoms with Gasteiger partial charge in [0.15, 0.2) is 0 Å². The van der Waals surface area contributed by atoms with E-state index in [4.69, 9.17) is 14.4 Å². The molecule has 0 amide bonds. The first-order valence-corrected chi connectivity index (χ1v) is 4.64. The van der Waals surface area contributed by atoms with Crippen molar-refractivity contribution in [2.45, 2.75) is 6.61 Å². The summed E-state index contributed by atoms with van der Waals surface area (Å²) in [5.41, 5.74) is 0.231. The molecule has 0 aliphatic heterocycles. The predicted molar refractivity (Wildman–Crippen MR) is 54.2 cm³/mol. The van der Waals surface area contributed by atoms with Crippen LogP contribution in [0.25, 0.3) is 0 Å². The monoisotopic (exact) mass is 217 g/mol. The second-order valence-electron chi connectivity index (χ2n) is 3.16. The smallest absolute Gasteiger partial charge is 0.146 e. The predicted octanol–water partition coefficient (Wildman–Crippen LogP) is 2.87. The first-order chi connectivity index (χ1) is 7.78. The number of furan rings is 1. The minimum absolute atomic E-state index is 0.210.